The minimum absolute atomic E-state index is 0.219. The summed E-state index contributed by atoms with van der Waals surface area (Å²) in [5.41, 5.74) is 0.349. The lowest BCUT2D eigenvalue weighted by Gasteiger charge is -2.22. The Hall–Kier alpha value is -0.823. The Kier molecular flexibility index (Phi) is 5.87. The van der Waals surface area contributed by atoms with Gasteiger partial charge in [-0.2, -0.15) is 0 Å². The first-order chi connectivity index (χ1) is 8.50. The van der Waals surface area contributed by atoms with E-state index < -0.39 is 20.4 Å². The third kappa shape index (κ3) is 4.45. The lowest BCUT2D eigenvalue weighted by Crippen LogP contribution is -2.43. The third-order valence-corrected chi connectivity index (χ3v) is 4.83. The zero-order chi connectivity index (χ0) is 13.6. The molecule has 0 radical (unpaired) electrons. The van der Waals surface area contributed by atoms with E-state index in [0.717, 1.165) is 6.07 Å². The molecule has 0 spiro atoms. The summed E-state index contributed by atoms with van der Waals surface area (Å²) < 4.78 is 36.6. The maximum atomic E-state index is 13.4. The van der Waals surface area contributed by atoms with E-state index in [-0.39, 0.29) is 12.5 Å². The van der Waals surface area contributed by atoms with Gasteiger partial charge < -0.3 is 13.6 Å². The largest absolute Gasteiger partial charge is 0.498 e. The van der Waals surface area contributed by atoms with Gasteiger partial charge in [0.05, 0.1) is 0 Å². The first-order valence-electron chi connectivity index (χ1n) is 5.95. The van der Waals surface area contributed by atoms with Crippen LogP contribution < -0.4 is 0 Å². The van der Waals surface area contributed by atoms with Crippen LogP contribution in [-0.4, -0.2) is 26.8 Å². The fourth-order valence-corrected chi connectivity index (χ4v) is 3.51. The van der Waals surface area contributed by atoms with Crippen LogP contribution in [0.5, 0.6) is 0 Å². The number of rotatable bonds is 7. The van der Waals surface area contributed by atoms with Gasteiger partial charge in [-0.1, -0.05) is 6.07 Å². The van der Waals surface area contributed by atoms with Gasteiger partial charge in [-0.15, -0.1) is 0 Å². The highest BCUT2D eigenvalue weighted by molar-refractivity contribution is 6.59. The van der Waals surface area contributed by atoms with Crippen LogP contribution in [0.25, 0.3) is 0 Å². The predicted molar refractivity (Wildman–Crippen MR) is 66.1 cm³/mol. The molecular formula is C12H18F2O3Si. The van der Waals surface area contributed by atoms with Crippen molar-refractivity contribution in [2.45, 2.75) is 26.3 Å². The van der Waals surface area contributed by atoms with Gasteiger partial charge in [0.2, 0.25) is 0 Å². The van der Waals surface area contributed by atoms with Crippen LogP contribution in [0.3, 0.4) is 0 Å². The highest BCUT2D eigenvalue weighted by atomic mass is 28.4. The van der Waals surface area contributed by atoms with Crippen molar-refractivity contribution in [3.05, 3.63) is 35.4 Å². The molecule has 0 saturated carbocycles. The smallest absolute Gasteiger partial charge is 0.390 e. The summed E-state index contributed by atoms with van der Waals surface area (Å²) in [5.74, 6) is -1.22. The van der Waals surface area contributed by atoms with Crippen LogP contribution >= 0.6 is 0 Å². The van der Waals surface area contributed by atoms with Gasteiger partial charge in [-0.05, 0) is 31.9 Å². The summed E-state index contributed by atoms with van der Waals surface area (Å²) in [5, 5.41) is 0. The molecule has 3 nitrogen and oxygen atoms in total. The van der Waals surface area contributed by atoms with E-state index in [1.54, 1.807) is 13.8 Å². The van der Waals surface area contributed by atoms with Gasteiger partial charge in [0.15, 0.2) is 0 Å². The zero-order valence-corrected chi connectivity index (χ0v) is 11.6. The Morgan fingerprint density at radius 3 is 2.28 bits per heavy atom. The minimum atomic E-state index is -3.23. The molecule has 0 aliphatic carbocycles. The molecule has 1 aromatic rings. The summed E-state index contributed by atoms with van der Waals surface area (Å²) >= 11 is 0. The molecule has 0 saturated heterocycles. The Balaban J connectivity index is 2.66. The summed E-state index contributed by atoms with van der Waals surface area (Å²) in [7, 11) is -3.23. The molecule has 0 heterocycles. The summed E-state index contributed by atoms with van der Waals surface area (Å²) in [6.45, 7) is 4.20. The zero-order valence-electron chi connectivity index (χ0n) is 10.6. The highest BCUT2D eigenvalue weighted by Gasteiger charge is 2.35. The van der Waals surface area contributed by atoms with Gasteiger partial charge in [-0.3, -0.25) is 0 Å². The molecular weight excluding hydrogens is 258 g/mol. The average Bonchev–Trinajstić information content (AvgIpc) is 2.28. The monoisotopic (exact) mass is 276 g/mol. The molecule has 18 heavy (non-hydrogen) atoms. The van der Waals surface area contributed by atoms with Gasteiger partial charge in [0.1, 0.15) is 11.6 Å². The third-order valence-electron chi connectivity index (χ3n) is 2.47. The van der Waals surface area contributed by atoms with E-state index in [4.69, 9.17) is 8.85 Å². The number of aryl methyl sites for hydroxylation is 1. The van der Waals surface area contributed by atoms with Gasteiger partial charge in [0.25, 0.3) is 0 Å². The SMILES string of the molecule is CCO[Si](O)(CCc1ccc(F)cc1F)OCC. The van der Waals surface area contributed by atoms with Gasteiger partial charge in [0, 0.05) is 25.3 Å². The normalized spacial score (nSPS) is 11.8. The van der Waals surface area contributed by atoms with E-state index in [9.17, 15) is 13.6 Å². The molecule has 6 heteroatoms. The molecule has 0 aliphatic rings. The standard InChI is InChI=1S/C12H18F2O3Si/c1-3-16-18(15,17-4-2)8-7-10-5-6-11(13)9-12(10)14/h5-6,9,15H,3-4,7-8H2,1-2H3. The quantitative estimate of drug-likeness (QED) is 0.778. The molecule has 0 fully saturated rings. The highest BCUT2D eigenvalue weighted by Crippen LogP contribution is 2.17. The Morgan fingerprint density at radius 2 is 1.78 bits per heavy atom. The van der Waals surface area contributed by atoms with E-state index >= 15 is 0 Å². The van der Waals surface area contributed by atoms with E-state index in [0.29, 0.717) is 18.8 Å². The fraction of sp³-hybridized carbons (Fsp3) is 0.500. The Morgan fingerprint density at radius 1 is 1.17 bits per heavy atom. The minimum Gasteiger partial charge on any atom is -0.390 e. The molecule has 0 aliphatic heterocycles. The van der Waals surface area contributed by atoms with E-state index in [1.165, 1.54) is 12.1 Å². The number of benzene rings is 1. The van der Waals surface area contributed by atoms with Crippen molar-refractivity contribution in [1.29, 1.82) is 0 Å². The molecule has 0 amide bonds. The lowest BCUT2D eigenvalue weighted by molar-refractivity contribution is 0.108. The second-order valence-electron chi connectivity index (χ2n) is 3.81. The van der Waals surface area contributed by atoms with Gasteiger partial charge in [-0.25, -0.2) is 8.78 Å². The molecule has 1 rings (SSSR count). The second-order valence-corrected chi connectivity index (χ2v) is 6.32. The van der Waals surface area contributed by atoms with E-state index in [2.05, 4.69) is 0 Å². The average molecular weight is 276 g/mol. The maximum Gasteiger partial charge on any atom is 0.498 e. The van der Waals surface area contributed by atoms with Crippen molar-refractivity contribution in [3.8, 4) is 0 Å². The van der Waals surface area contributed by atoms with Crippen LogP contribution in [0.2, 0.25) is 6.04 Å². The van der Waals surface area contributed by atoms with E-state index in [1.807, 2.05) is 0 Å². The number of hydrogen-bond donors (Lipinski definition) is 1. The molecule has 0 atom stereocenters. The van der Waals surface area contributed by atoms with Crippen LogP contribution in [-0.2, 0) is 15.3 Å². The fourth-order valence-electron chi connectivity index (χ4n) is 1.65. The van der Waals surface area contributed by atoms with Crippen LogP contribution in [0.15, 0.2) is 18.2 Å². The first-order valence-corrected chi connectivity index (χ1v) is 7.92. The van der Waals surface area contributed by atoms with Crippen molar-refractivity contribution in [2.75, 3.05) is 13.2 Å². The number of hydrogen-bond acceptors (Lipinski definition) is 3. The van der Waals surface area contributed by atoms with Crippen molar-refractivity contribution in [2.24, 2.45) is 0 Å². The van der Waals surface area contributed by atoms with Crippen molar-refractivity contribution < 1.29 is 22.4 Å². The van der Waals surface area contributed by atoms with Crippen LogP contribution in [0.1, 0.15) is 19.4 Å². The molecule has 1 N–H and O–H groups in total. The van der Waals surface area contributed by atoms with Crippen molar-refractivity contribution in [3.63, 3.8) is 0 Å². The summed E-state index contributed by atoms with van der Waals surface area (Å²) in [6, 6.07) is 3.62. The van der Waals surface area contributed by atoms with Gasteiger partial charge >= 0.3 is 8.80 Å². The van der Waals surface area contributed by atoms with Crippen LogP contribution in [0, 0.1) is 11.6 Å². The summed E-state index contributed by atoms with van der Waals surface area (Å²) in [6.07, 6.45) is 0.259. The van der Waals surface area contributed by atoms with Crippen molar-refractivity contribution in [1.82, 2.24) is 0 Å². The molecule has 0 bridgehead atoms. The topological polar surface area (TPSA) is 38.7 Å². The Bertz CT molecular complexity index is 382. The first kappa shape index (κ1) is 15.2. The predicted octanol–water partition coefficient (Wildman–Crippen LogP) is 2.51. The molecule has 102 valence electrons. The summed E-state index contributed by atoms with van der Waals surface area (Å²) in [4.78, 5) is 10.1. The Labute approximate surface area is 107 Å². The lowest BCUT2D eigenvalue weighted by atomic mass is 10.1. The maximum absolute atomic E-state index is 13.4. The molecule has 1 aromatic carbocycles. The molecule has 0 unspecified atom stereocenters. The van der Waals surface area contributed by atoms with Crippen LogP contribution in [0.4, 0.5) is 8.78 Å². The second kappa shape index (κ2) is 6.94. The number of halogens is 2. The van der Waals surface area contributed by atoms with Crippen molar-refractivity contribution >= 4 is 8.80 Å². The molecule has 0 aromatic heterocycles.